The molecule has 1 N–H and O–H groups in total. The summed E-state index contributed by atoms with van der Waals surface area (Å²) in [5, 5.41) is 3.51. The second-order valence-corrected chi connectivity index (χ2v) is 5.37. The molecule has 0 aliphatic carbocycles. The lowest BCUT2D eigenvalue weighted by atomic mass is 9.98. The topological polar surface area (TPSA) is 12.0 Å². The van der Waals surface area contributed by atoms with Gasteiger partial charge in [0.1, 0.15) is 0 Å². The Morgan fingerprint density at radius 1 is 1.12 bits per heavy atom. The number of rotatable bonds is 5. The zero-order valence-corrected chi connectivity index (χ0v) is 11.3. The zero-order chi connectivity index (χ0) is 12.1. The van der Waals surface area contributed by atoms with Gasteiger partial charge < -0.3 is 5.32 Å². The van der Waals surface area contributed by atoms with Gasteiger partial charge in [0, 0.05) is 6.54 Å². The summed E-state index contributed by atoms with van der Waals surface area (Å²) in [5.74, 6) is 1.33. The third kappa shape index (κ3) is 3.97. The molecule has 0 radical (unpaired) electrons. The Morgan fingerprint density at radius 3 is 2.38 bits per heavy atom. The van der Waals surface area contributed by atoms with Crippen molar-refractivity contribution >= 4 is 0 Å². The zero-order valence-electron chi connectivity index (χ0n) is 11.3. The number of benzene rings is 1. The van der Waals surface area contributed by atoms with E-state index >= 15 is 0 Å². The molecule has 0 bridgehead atoms. The highest BCUT2D eigenvalue weighted by Crippen LogP contribution is 2.18. The van der Waals surface area contributed by atoms with Gasteiger partial charge in [-0.1, -0.05) is 45.9 Å². The Kier molecular flexibility index (Phi) is 5.01. The molecule has 0 amide bonds. The van der Waals surface area contributed by atoms with E-state index in [1.54, 1.807) is 0 Å². The molecule has 1 rings (SSSR count). The fraction of sp³-hybridized carbons (Fsp3) is 0.600. The van der Waals surface area contributed by atoms with Crippen LogP contribution in [0.25, 0.3) is 0 Å². The van der Waals surface area contributed by atoms with Crippen molar-refractivity contribution in [2.75, 3.05) is 6.54 Å². The van der Waals surface area contributed by atoms with Crippen molar-refractivity contribution in [2.24, 2.45) is 5.92 Å². The highest BCUT2D eigenvalue weighted by atomic mass is 14.8. The summed E-state index contributed by atoms with van der Waals surface area (Å²) in [6.45, 7) is 13.2. The maximum Gasteiger partial charge on any atom is 0.0208 e. The van der Waals surface area contributed by atoms with Crippen LogP contribution in [0.3, 0.4) is 0 Å². The SMILES string of the molecule is Cc1ccc(C(C)C)cc1CNCC(C)C. The van der Waals surface area contributed by atoms with Crippen LogP contribution in [0.2, 0.25) is 0 Å². The molecule has 0 unspecified atom stereocenters. The second-order valence-electron chi connectivity index (χ2n) is 5.37. The van der Waals surface area contributed by atoms with E-state index in [2.05, 4.69) is 58.1 Å². The summed E-state index contributed by atoms with van der Waals surface area (Å²) in [6, 6.07) is 6.82. The molecule has 0 aromatic heterocycles. The Bertz CT molecular complexity index is 326. The molecule has 0 aliphatic heterocycles. The molecule has 1 aromatic carbocycles. The van der Waals surface area contributed by atoms with Gasteiger partial charge in [-0.3, -0.25) is 0 Å². The van der Waals surface area contributed by atoms with Gasteiger partial charge in [-0.25, -0.2) is 0 Å². The molecule has 0 atom stereocenters. The van der Waals surface area contributed by atoms with E-state index in [0.29, 0.717) is 11.8 Å². The maximum atomic E-state index is 3.51. The average molecular weight is 219 g/mol. The molecular formula is C15H25N. The van der Waals surface area contributed by atoms with Crippen molar-refractivity contribution in [3.05, 3.63) is 34.9 Å². The van der Waals surface area contributed by atoms with E-state index < -0.39 is 0 Å². The lowest BCUT2D eigenvalue weighted by molar-refractivity contribution is 0.551. The standard InChI is InChI=1S/C15H25N/c1-11(2)9-16-10-15-8-14(12(3)4)7-6-13(15)5/h6-8,11-12,16H,9-10H2,1-5H3. The molecule has 90 valence electrons. The average Bonchev–Trinajstić information content (AvgIpc) is 2.20. The first-order valence-corrected chi connectivity index (χ1v) is 6.31. The molecule has 1 heteroatoms. The van der Waals surface area contributed by atoms with Gasteiger partial charge in [0.15, 0.2) is 0 Å². The Balaban J connectivity index is 2.67. The Hall–Kier alpha value is -0.820. The van der Waals surface area contributed by atoms with Gasteiger partial charge in [0.2, 0.25) is 0 Å². The van der Waals surface area contributed by atoms with Gasteiger partial charge in [-0.15, -0.1) is 0 Å². The predicted octanol–water partition coefficient (Wildman–Crippen LogP) is 3.86. The highest BCUT2D eigenvalue weighted by Gasteiger charge is 2.03. The van der Waals surface area contributed by atoms with Gasteiger partial charge in [0.25, 0.3) is 0 Å². The van der Waals surface area contributed by atoms with Crippen LogP contribution in [0, 0.1) is 12.8 Å². The molecule has 0 saturated carbocycles. The molecule has 1 nitrogen and oxygen atoms in total. The molecule has 0 heterocycles. The first-order chi connectivity index (χ1) is 7.50. The van der Waals surface area contributed by atoms with Crippen molar-refractivity contribution in [3.63, 3.8) is 0 Å². The summed E-state index contributed by atoms with van der Waals surface area (Å²) < 4.78 is 0. The van der Waals surface area contributed by atoms with Crippen molar-refractivity contribution in [3.8, 4) is 0 Å². The lowest BCUT2D eigenvalue weighted by Crippen LogP contribution is -2.19. The van der Waals surface area contributed by atoms with Crippen LogP contribution in [0.4, 0.5) is 0 Å². The van der Waals surface area contributed by atoms with Gasteiger partial charge >= 0.3 is 0 Å². The largest absolute Gasteiger partial charge is 0.312 e. The second kappa shape index (κ2) is 6.05. The minimum Gasteiger partial charge on any atom is -0.312 e. The fourth-order valence-electron chi connectivity index (χ4n) is 1.74. The summed E-state index contributed by atoms with van der Waals surface area (Å²) in [7, 11) is 0. The normalized spacial score (nSPS) is 11.4. The van der Waals surface area contributed by atoms with E-state index in [1.165, 1.54) is 16.7 Å². The Labute approximate surface area is 100 Å². The van der Waals surface area contributed by atoms with Gasteiger partial charge in [0.05, 0.1) is 0 Å². The molecule has 0 aliphatic rings. The number of hydrogen-bond acceptors (Lipinski definition) is 1. The minimum atomic E-state index is 0.615. The predicted molar refractivity (Wildman–Crippen MR) is 71.8 cm³/mol. The summed E-state index contributed by atoms with van der Waals surface area (Å²) in [4.78, 5) is 0. The van der Waals surface area contributed by atoms with Gasteiger partial charge in [-0.2, -0.15) is 0 Å². The lowest BCUT2D eigenvalue weighted by Gasteiger charge is -2.13. The van der Waals surface area contributed by atoms with Crippen molar-refractivity contribution in [1.82, 2.24) is 5.32 Å². The highest BCUT2D eigenvalue weighted by molar-refractivity contribution is 5.32. The minimum absolute atomic E-state index is 0.615. The van der Waals surface area contributed by atoms with Crippen molar-refractivity contribution in [1.29, 1.82) is 0 Å². The summed E-state index contributed by atoms with van der Waals surface area (Å²) in [6.07, 6.45) is 0. The fourth-order valence-corrected chi connectivity index (χ4v) is 1.74. The summed E-state index contributed by atoms with van der Waals surface area (Å²) >= 11 is 0. The van der Waals surface area contributed by atoms with Crippen molar-refractivity contribution in [2.45, 2.75) is 47.1 Å². The number of nitrogens with one attached hydrogen (secondary N) is 1. The van der Waals surface area contributed by atoms with Crippen LogP contribution in [-0.4, -0.2) is 6.54 Å². The van der Waals surface area contributed by atoms with E-state index in [4.69, 9.17) is 0 Å². The first kappa shape index (κ1) is 13.2. The van der Waals surface area contributed by atoms with Crippen LogP contribution in [-0.2, 0) is 6.54 Å². The molecular weight excluding hydrogens is 194 g/mol. The molecule has 16 heavy (non-hydrogen) atoms. The smallest absolute Gasteiger partial charge is 0.0208 e. The Morgan fingerprint density at radius 2 is 1.81 bits per heavy atom. The maximum absolute atomic E-state index is 3.51. The van der Waals surface area contributed by atoms with E-state index in [9.17, 15) is 0 Å². The number of hydrogen-bond donors (Lipinski definition) is 1. The third-order valence-electron chi connectivity index (χ3n) is 2.91. The monoisotopic (exact) mass is 219 g/mol. The summed E-state index contributed by atoms with van der Waals surface area (Å²) in [5.41, 5.74) is 4.26. The van der Waals surface area contributed by atoms with Crippen LogP contribution >= 0.6 is 0 Å². The molecule has 0 fully saturated rings. The molecule has 0 saturated heterocycles. The van der Waals surface area contributed by atoms with Gasteiger partial charge in [-0.05, 0) is 42.0 Å². The molecule has 0 spiro atoms. The molecule has 1 aromatic rings. The van der Waals surface area contributed by atoms with E-state index in [0.717, 1.165) is 13.1 Å². The first-order valence-electron chi connectivity index (χ1n) is 6.31. The third-order valence-corrected chi connectivity index (χ3v) is 2.91. The van der Waals surface area contributed by atoms with Crippen LogP contribution in [0.1, 0.15) is 50.3 Å². The number of aryl methyl sites for hydroxylation is 1. The van der Waals surface area contributed by atoms with Crippen molar-refractivity contribution < 1.29 is 0 Å². The quantitative estimate of drug-likeness (QED) is 0.793. The van der Waals surface area contributed by atoms with Crippen LogP contribution in [0.15, 0.2) is 18.2 Å². The van der Waals surface area contributed by atoms with E-state index in [-0.39, 0.29) is 0 Å². The van der Waals surface area contributed by atoms with Crippen LogP contribution in [0.5, 0.6) is 0 Å². The van der Waals surface area contributed by atoms with E-state index in [1.807, 2.05) is 0 Å². The van der Waals surface area contributed by atoms with Crippen LogP contribution < -0.4 is 5.32 Å².